The van der Waals surface area contributed by atoms with E-state index in [1.54, 1.807) is 18.2 Å². The van der Waals surface area contributed by atoms with E-state index in [9.17, 15) is 9.50 Å². The molecule has 0 bridgehead atoms. The Morgan fingerprint density at radius 2 is 1.64 bits per heavy atom. The van der Waals surface area contributed by atoms with E-state index in [2.05, 4.69) is 22.2 Å². The lowest BCUT2D eigenvalue weighted by Crippen LogP contribution is -2.39. The van der Waals surface area contributed by atoms with Crippen molar-refractivity contribution >= 4 is 5.71 Å². The smallest absolute Gasteiger partial charge is 0.145 e. The van der Waals surface area contributed by atoms with Gasteiger partial charge in [0.15, 0.2) is 0 Å². The highest BCUT2D eigenvalue weighted by atomic mass is 19.1. The van der Waals surface area contributed by atoms with Crippen molar-refractivity contribution in [2.75, 3.05) is 19.7 Å². The summed E-state index contributed by atoms with van der Waals surface area (Å²) in [5, 5.41) is 14.8. The molecule has 0 saturated heterocycles. The minimum atomic E-state index is -0.647. The summed E-state index contributed by atoms with van der Waals surface area (Å²) in [7, 11) is 0. The van der Waals surface area contributed by atoms with Gasteiger partial charge in [-0.2, -0.15) is 0 Å². The predicted molar refractivity (Wildman–Crippen MR) is 126 cm³/mol. The lowest BCUT2D eigenvalue weighted by Gasteiger charge is -2.27. The number of aliphatic hydroxyl groups is 1. The van der Waals surface area contributed by atoms with Crippen LogP contribution >= 0.6 is 0 Å². The van der Waals surface area contributed by atoms with Gasteiger partial charge in [0, 0.05) is 31.6 Å². The Bertz CT molecular complexity index is 1030. The van der Waals surface area contributed by atoms with Gasteiger partial charge >= 0.3 is 0 Å². The summed E-state index contributed by atoms with van der Waals surface area (Å²) < 4.78 is 19.9. The molecule has 1 aliphatic rings. The molecule has 0 amide bonds. The standard InChI is InChI=1S/C27H29FN2O3/c28-26-14-8-7-13-25(26)27-15-24(33-29-27)18-30(16-21-9-3-1-4-10-21)17-23(31)20-32-19-22-11-5-2-6-12-22/h1-14,23-24,31H,15-20H2/t23-,24+/m1/s1. The Hall–Kier alpha value is -3.06. The third kappa shape index (κ3) is 6.96. The van der Waals surface area contributed by atoms with Crippen molar-refractivity contribution in [1.82, 2.24) is 4.90 Å². The largest absolute Gasteiger partial charge is 0.390 e. The van der Waals surface area contributed by atoms with Crippen molar-refractivity contribution < 1.29 is 19.1 Å². The minimum Gasteiger partial charge on any atom is -0.390 e. The second kappa shape index (κ2) is 11.7. The Balaban J connectivity index is 1.33. The number of hydrogen-bond donors (Lipinski definition) is 1. The number of ether oxygens (including phenoxy) is 1. The molecule has 3 aromatic carbocycles. The van der Waals surface area contributed by atoms with E-state index in [0.717, 1.165) is 11.1 Å². The zero-order valence-corrected chi connectivity index (χ0v) is 18.5. The quantitative estimate of drug-likeness (QED) is 0.473. The third-order valence-electron chi connectivity index (χ3n) is 5.52. The molecular formula is C27H29FN2O3. The van der Waals surface area contributed by atoms with Crippen molar-refractivity contribution in [3.63, 3.8) is 0 Å². The summed E-state index contributed by atoms with van der Waals surface area (Å²) in [6.45, 7) is 2.35. The summed E-state index contributed by atoms with van der Waals surface area (Å²) in [5.74, 6) is -0.298. The van der Waals surface area contributed by atoms with Gasteiger partial charge in [-0.1, -0.05) is 84.0 Å². The molecular weight excluding hydrogens is 419 g/mol. The molecule has 0 fully saturated rings. The monoisotopic (exact) mass is 448 g/mol. The van der Waals surface area contributed by atoms with E-state index in [-0.39, 0.29) is 18.5 Å². The van der Waals surface area contributed by atoms with E-state index >= 15 is 0 Å². The topological polar surface area (TPSA) is 54.3 Å². The molecule has 0 unspecified atom stereocenters. The van der Waals surface area contributed by atoms with Gasteiger partial charge in [-0.05, 0) is 17.2 Å². The molecule has 1 aliphatic heterocycles. The summed E-state index contributed by atoms with van der Waals surface area (Å²) >= 11 is 0. The van der Waals surface area contributed by atoms with Gasteiger partial charge < -0.3 is 14.7 Å². The Kier molecular flexibility index (Phi) is 8.19. The van der Waals surface area contributed by atoms with Crippen molar-refractivity contribution in [2.24, 2.45) is 5.16 Å². The van der Waals surface area contributed by atoms with Crippen LogP contribution in [0.25, 0.3) is 0 Å². The van der Waals surface area contributed by atoms with E-state index in [1.807, 2.05) is 48.5 Å². The molecule has 0 aromatic heterocycles. The average molecular weight is 449 g/mol. The molecule has 33 heavy (non-hydrogen) atoms. The first-order valence-electron chi connectivity index (χ1n) is 11.2. The molecule has 0 aliphatic carbocycles. The molecule has 1 heterocycles. The number of oxime groups is 1. The lowest BCUT2D eigenvalue weighted by atomic mass is 10.0. The molecule has 2 atom stereocenters. The van der Waals surface area contributed by atoms with Gasteiger partial charge in [0.05, 0.1) is 25.0 Å². The third-order valence-corrected chi connectivity index (χ3v) is 5.52. The first-order valence-corrected chi connectivity index (χ1v) is 11.2. The minimum absolute atomic E-state index is 0.208. The summed E-state index contributed by atoms with van der Waals surface area (Å²) in [6, 6.07) is 26.6. The molecule has 5 nitrogen and oxygen atoms in total. The normalized spacial score (nSPS) is 16.5. The van der Waals surface area contributed by atoms with Crippen LogP contribution in [0.5, 0.6) is 0 Å². The van der Waals surface area contributed by atoms with Crippen molar-refractivity contribution in [3.8, 4) is 0 Å². The fourth-order valence-electron chi connectivity index (χ4n) is 3.95. The van der Waals surface area contributed by atoms with Crippen LogP contribution in [0.2, 0.25) is 0 Å². The molecule has 1 N–H and O–H groups in total. The fraction of sp³-hybridized carbons (Fsp3) is 0.296. The van der Waals surface area contributed by atoms with Crippen LogP contribution < -0.4 is 0 Å². The van der Waals surface area contributed by atoms with Crippen LogP contribution in [-0.2, 0) is 22.7 Å². The highest BCUT2D eigenvalue weighted by molar-refractivity contribution is 6.01. The number of hydrogen-bond acceptors (Lipinski definition) is 5. The number of nitrogens with zero attached hydrogens (tertiary/aromatic N) is 2. The molecule has 0 spiro atoms. The number of halogens is 1. The number of rotatable bonds is 11. The van der Waals surface area contributed by atoms with Crippen molar-refractivity contribution in [1.29, 1.82) is 0 Å². The second-order valence-corrected chi connectivity index (χ2v) is 8.28. The van der Waals surface area contributed by atoms with Crippen molar-refractivity contribution in [2.45, 2.75) is 31.8 Å². The number of aliphatic hydroxyl groups excluding tert-OH is 1. The highest BCUT2D eigenvalue weighted by Gasteiger charge is 2.27. The molecule has 0 saturated carbocycles. The van der Waals surface area contributed by atoms with Gasteiger partial charge in [0.2, 0.25) is 0 Å². The van der Waals surface area contributed by atoms with E-state index < -0.39 is 6.10 Å². The van der Waals surface area contributed by atoms with E-state index in [1.165, 1.54) is 6.07 Å². The van der Waals surface area contributed by atoms with Crippen LogP contribution in [0.3, 0.4) is 0 Å². The average Bonchev–Trinajstić information content (AvgIpc) is 3.29. The first-order chi connectivity index (χ1) is 16.2. The van der Waals surface area contributed by atoms with E-state index in [0.29, 0.717) is 43.9 Å². The molecule has 4 rings (SSSR count). The van der Waals surface area contributed by atoms with Gasteiger partial charge in [0.25, 0.3) is 0 Å². The zero-order valence-electron chi connectivity index (χ0n) is 18.5. The van der Waals surface area contributed by atoms with Crippen LogP contribution in [-0.4, -0.2) is 47.6 Å². The Morgan fingerprint density at radius 3 is 2.36 bits per heavy atom. The van der Waals surface area contributed by atoms with Gasteiger partial charge in [0.1, 0.15) is 11.9 Å². The molecule has 172 valence electrons. The van der Waals surface area contributed by atoms with E-state index in [4.69, 9.17) is 9.57 Å². The van der Waals surface area contributed by atoms with Crippen molar-refractivity contribution in [3.05, 3.63) is 107 Å². The van der Waals surface area contributed by atoms with Crippen LogP contribution in [0, 0.1) is 5.82 Å². The summed E-state index contributed by atoms with van der Waals surface area (Å²) in [5.41, 5.74) is 3.31. The fourth-order valence-corrected chi connectivity index (χ4v) is 3.95. The summed E-state index contributed by atoms with van der Waals surface area (Å²) in [6.07, 6.45) is -0.334. The first kappa shape index (κ1) is 23.1. The van der Waals surface area contributed by atoms with Gasteiger partial charge in [-0.3, -0.25) is 4.90 Å². The lowest BCUT2D eigenvalue weighted by molar-refractivity contribution is -0.00648. The van der Waals surface area contributed by atoms with Gasteiger partial charge in [-0.25, -0.2) is 4.39 Å². The summed E-state index contributed by atoms with van der Waals surface area (Å²) in [4.78, 5) is 7.77. The maximum atomic E-state index is 14.1. The van der Waals surface area contributed by atoms with Crippen LogP contribution in [0.4, 0.5) is 4.39 Å². The Labute approximate surface area is 194 Å². The molecule has 0 radical (unpaired) electrons. The van der Waals surface area contributed by atoms with Gasteiger partial charge in [-0.15, -0.1) is 0 Å². The van der Waals surface area contributed by atoms with Crippen LogP contribution in [0.15, 0.2) is 90.1 Å². The predicted octanol–water partition coefficient (Wildman–Crippen LogP) is 4.40. The van der Waals surface area contributed by atoms with Crippen LogP contribution in [0.1, 0.15) is 23.1 Å². The maximum absolute atomic E-state index is 14.1. The second-order valence-electron chi connectivity index (χ2n) is 8.28. The highest BCUT2D eigenvalue weighted by Crippen LogP contribution is 2.20. The molecule has 6 heteroatoms. The number of benzene rings is 3. The SMILES string of the molecule is O[C@@H](COCc1ccccc1)CN(Cc1ccccc1)C[C@@H]1CC(c2ccccc2F)=NO1. The molecule has 3 aromatic rings. The maximum Gasteiger partial charge on any atom is 0.145 e. The Morgan fingerprint density at radius 1 is 0.970 bits per heavy atom. The zero-order chi connectivity index (χ0) is 22.9.